The second kappa shape index (κ2) is 5.27. The number of thioether (sulfide) groups is 1. The first-order chi connectivity index (χ1) is 8.61. The smallest absolute Gasteiger partial charge is 0.336 e. The highest BCUT2D eigenvalue weighted by atomic mass is 32.2. The highest BCUT2D eigenvalue weighted by Gasteiger charge is 2.11. The van der Waals surface area contributed by atoms with E-state index in [4.69, 9.17) is 0 Å². The molecular formula is C15H14O2S. The molecule has 0 heterocycles. The van der Waals surface area contributed by atoms with Gasteiger partial charge in [-0.25, -0.2) is 4.79 Å². The van der Waals surface area contributed by atoms with Crippen molar-refractivity contribution in [1.82, 2.24) is 0 Å². The number of hydrogen-bond donors (Lipinski definition) is 1. The average Bonchev–Trinajstić information content (AvgIpc) is 2.39. The largest absolute Gasteiger partial charge is 0.478 e. The minimum atomic E-state index is -0.886. The molecule has 0 bridgehead atoms. The number of benzene rings is 2. The molecule has 0 spiro atoms. The Hall–Kier alpha value is -1.74. The quantitative estimate of drug-likeness (QED) is 0.843. The van der Waals surface area contributed by atoms with E-state index < -0.39 is 5.97 Å². The van der Waals surface area contributed by atoms with Crippen LogP contribution in [0.15, 0.2) is 47.4 Å². The van der Waals surface area contributed by atoms with Gasteiger partial charge in [0.05, 0.1) is 5.56 Å². The molecule has 0 aromatic heterocycles. The monoisotopic (exact) mass is 258 g/mol. The summed E-state index contributed by atoms with van der Waals surface area (Å²) in [7, 11) is 0. The molecule has 2 aromatic carbocycles. The van der Waals surface area contributed by atoms with E-state index in [1.807, 2.05) is 49.6 Å². The topological polar surface area (TPSA) is 37.3 Å². The Morgan fingerprint density at radius 2 is 1.78 bits per heavy atom. The van der Waals surface area contributed by atoms with E-state index in [9.17, 15) is 9.90 Å². The Morgan fingerprint density at radius 3 is 2.33 bits per heavy atom. The number of carboxylic acids is 1. The zero-order valence-corrected chi connectivity index (χ0v) is 11.1. The van der Waals surface area contributed by atoms with Gasteiger partial charge in [-0.1, -0.05) is 29.8 Å². The minimum Gasteiger partial charge on any atom is -0.478 e. The number of hydrogen-bond acceptors (Lipinski definition) is 2. The molecule has 0 amide bonds. The minimum absolute atomic E-state index is 0.354. The highest BCUT2D eigenvalue weighted by molar-refractivity contribution is 7.98. The maximum Gasteiger partial charge on any atom is 0.336 e. The van der Waals surface area contributed by atoms with Crippen LogP contribution in [-0.2, 0) is 0 Å². The Bertz CT molecular complexity index is 574. The Labute approximate surface area is 111 Å². The van der Waals surface area contributed by atoms with E-state index in [2.05, 4.69) is 0 Å². The molecule has 1 N–H and O–H groups in total. The van der Waals surface area contributed by atoms with Crippen molar-refractivity contribution >= 4 is 17.7 Å². The fourth-order valence-electron chi connectivity index (χ4n) is 1.86. The van der Waals surface area contributed by atoms with Gasteiger partial charge < -0.3 is 5.11 Å². The molecule has 92 valence electrons. The van der Waals surface area contributed by atoms with E-state index >= 15 is 0 Å². The van der Waals surface area contributed by atoms with Crippen LogP contribution in [0, 0.1) is 6.92 Å². The van der Waals surface area contributed by atoms with Crippen LogP contribution in [-0.4, -0.2) is 17.3 Å². The lowest BCUT2D eigenvalue weighted by atomic mass is 9.98. The second-order valence-electron chi connectivity index (χ2n) is 4.08. The Balaban J connectivity index is 2.52. The predicted molar refractivity (Wildman–Crippen MR) is 75.4 cm³/mol. The third-order valence-corrected chi connectivity index (χ3v) is 3.55. The van der Waals surface area contributed by atoms with Crippen LogP contribution < -0.4 is 0 Å². The van der Waals surface area contributed by atoms with E-state index in [1.165, 1.54) is 4.90 Å². The van der Waals surface area contributed by atoms with Gasteiger partial charge in [0, 0.05) is 4.90 Å². The summed E-state index contributed by atoms with van der Waals surface area (Å²) in [4.78, 5) is 12.4. The molecule has 0 saturated carbocycles. The summed E-state index contributed by atoms with van der Waals surface area (Å²) < 4.78 is 0. The molecule has 18 heavy (non-hydrogen) atoms. The average molecular weight is 258 g/mol. The van der Waals surface area contributed by atoms with Crippen molar-refractivity contribution in [2.24, 2.45) is 0 Å². The number of rotatable bonds is 3. The molecule has 0 aliphatic carbocycles. The molecule has 0 saturated heterocycles. The molecular weight excluding hydrogens is 244 g/mol. The molecule has 2 aromatic rings. The summed E-state index contributed by atoms with van der Waals surface area (Å²) in [6.07, 6.45) is 2.02. The highest BCUT2D eigenvalue weighted by Crippen LogP contribution is 2.27. The van der Waals surface area contributed by atoms with Crippen molar-refractivity contribution < 1.29 is 9.90 Å². The zero-order valence-electron chi connectivity index (χ0n) is 10.3. The molecule has 0 aliphatic rings. The van der Waals surface area contributed by atoms with Gasteiger partial charge in [0.25, 0.3) is 0 Å². The summed E-state index contributed by atoms with van der Waals surface area (Å²) in [5.74, 6) is -0.886. The van der Waals surface area contributed by atoms with Crippen molar-refractivity contribution in [2.75, 3.05) is 6.26 Å². The second-order valence-corrected chi connectivity index (χ2v) is 4.96. The molecule has 2 rings (SSSR count). The van der Waals surface area contributed by atoms with Gasteiger partial charge in [-0.3, -0.25) is 0 Å². The van der Waals surface area contributed by atoms with Gasteiger partial charge in [-0.15, -0.1) is 11.8 Å². The normalized spacial score (nSPS) is 10.3. The van der Waals surface area contributed by atoms with Gasteiger partial charge in [0.15, 0.2) is 0 Å². The molecule has 0 aliphatic heterocycles. The van der Waals surface area contributed by atoms with Gasteiger partial charge >= 0.3 is 5.97 Å². The van der Waals surface area contributed by atoms with Crippen LogP contribution in [0.5, 0.6) is 0 Å². The van der Waals surface area contributed by atoms with Crippen molar-refractivity contribution in [2.45, 2.75) is 11.8 Å². The summed E-state index contributed by atoms with van der Waals surface area (Å²) >= 11 is 1.67. The van der Waals surface area contributed by atoms with Crippen molar-refractivity contribution in [3.63, 3.8) is 0 Å². The predicted octanol–water partition coefficient (Wildman–Crippen LogP) is 4.08. The lowest BCUT2D eigenvalue weighted by molar-refractivity contribution is 0.0697. The molecule has 2 nitrogen and oxygen atoms in total. The van der Waals surface area contributed by atoms with E-state index in [1.54, 1.807) is 17.8 Å². The zero-order chi connectivity index (χ0) is 13.1. The Kier molecular flexibility index (Phi) is 3.72. The summed E-state index contributed by atoms with van der Waals surface area (Å²) in [5.41, 5.74) is 3.01. The first-order valence-corrected chi connectivity index (χ1v) is 6.82. The molecule has 0 unspecified atom stereocenters. The Morgan fingerprint density at radius 1 is 1.11 bits per heavy atom. The van der Waals surface area contributed by atoms with Crippen LogP contribution in [0.4, 0.5) is 0 Å². The third-order valence-electron chi connectivity index (χ3n) is 2.81. The van der Waals surface area contributed by atoms with Crippen LogP contribution in [0.2, 0.25) is 0 Å². The number of carbonyl (C=O) groups is 1. The lowest BCUT2D eigenvalue weighted by Gasteiger charge is -2.08. The number of aryl methyl sites for hydroxylation is 1. The van der Waals surface area contributed by atoms with E-state index in [0.717, 1.165) is 16.7 Å². The van der Waals surface area contributed by atoms with Gasteiger partial charge in [0.2, 0.25) is 0 Å². The molecule has 0 fully saturated rings. The first-order valence-electron chi connectivity index (χ1n) is 5.60. The van der Waals surface area contributed by atoms with Crippen molar-refractivity contribution in [3.05, 3.63) is 53.6 Å². The van der Waals surface area contributed by atoms with Gasteiger partial charge in [-0.05, 0) is 42.5 Å². The standard InChI is InChI=1S/C15H14O2S/c1-10-3-8-13(14(9-10)15(16)17)11-4-6-12(18-2)7-5-11/h3-9H,1-2H3,(H,16,17). The number of carboxylic acid groups (broad SMARTS) is 1. The number of aromatic carboxylic acids is 1. The fraction of sp³-hybridized carbons (Fsp3) is 0.133. The third kappa shape index (κ3) is 2.57. The van der Waals surface area contributed by atoms with E-state index in [0.29, 0.717) is 5.56 Å². The van der Waals surface area contributed by atoms with Crippen LogP contribution in [0.25, 0.3) is 11.1 Å². The van der Waals surface area contributed by atoms with Crippen LogP contribution >= 0.6 is 11.8 Å². The summed E-state index contributed by atoms with van der Waals surface area (Å²) in [6.45, 7) is 1.90. The lowest BCUT2D eigenvalue weighted by Crippen LogP contribution is -2.00. The maximum atomic E-state index is 11.3. The molecule has 0 atom stereocenters. The van der Waals surface area contributed by atoms with Gasteiger partial charge in [0.1, 0.15) is 0 Å². The first kappa shape index (κ1) is 12.7. The molecule has 3 heteroatoms. The van der Waals surface area contributed by atoms with E-state index in [-0.39, 0.29) is 0 Å². The van der Waals surface area contributed by atoms with Crippen LogP contribution in [0.3, 0.4) is 0 Å². The summed E-state index contributed by atoms with van der Waals surface area (Å²) in [5, 5.41) is 9.25. The summed E-state index contributed by atoms with van der Waals surface area (Å²) in [6, 6.07) is 13.4. The maximum absolute atomic E-state index is 11.3. The molecule has 0 radical (unpaired) electrons. The van der Waals surface area contributed by atoms with Crippen LogP contribution in [0.1, 0.15) is 15.9 Å². The van der Waals surface area contributed by atoms with Crippen molar-refractivity contribution in [1.29, 1.82) is 0 Å². The fourth-order valence-corrected chi connectivity index (χ4v) is 2.27. The van der Waals surface area contributed by atoms with Gasteiger partial charge in [-0.2, -0.15) is 0 Å². The van der Waals surface area contributed by atoms with Crippen molar-refractivity contribution in [3.8, 4) is 11.1 Å². The SMILES string of the molecule is CSc1ccc(-c2ccc(C)cc2C(=O)O)cc1.